The van der Waals surface area contributed by atoms with Crippen LogP contribution in [0.25, 0.3) is 42.4 Å². The molecule has 0 aliphatic heterocycles. The molecule has 0 atom stereocenters. The molecule has 0 spiro atoms. The molecule has 5 rings (SSSR count). The van der Waals surface area contributed by atoms with Gasteiger partial charge in [0.2, 0.25) is 0 Å². The maximum Gasteiger partial charge on any atom is 0.251 e. The molecule has 5 aromatic rings. The van der Waals surface area contributed by atoms with E-state index in [0.717, 1.165) is 62.9 Å². The van der Waals surface area contributed by atoms with E-state index in [9.17, 15) is 0 Å². The molecule has 0 radical (unpaired) electrons. The van der Waals surface area contributed by atoms with Crippen molar-refractivity contribution >= 4 is 62.1 Å². The largest absolute Gasteiger partial charge is 0.543 e. The normalized spacial score (nSPS) is 12.1. The summed E-state index contributed by atoms with van der Waals surface area (Å²) in [6.07, 6.45) is 45.2. The summed E-state index contributed by atoms with van der Waals surface area (Å²) in [6, 6.07) is 22.0. The van der Waals surface area contributed by atoms with Gasteiger partial charge in [-0.3, -0.25) is 0 Å². The van der Waals surface area contributed by atoms with Gasteiger partial charge < -0.3 is 18.3 Å². The van der Waals surface area contributed by atoms with Crippen molar-refractivity contribution in [3.8, 4) is 54.3 Å². The van der Waals surface area contributed by atoms with Gasteiger partial charge in [0.25, 0.3) is 16.6 Å². The summed E-state index contributed by atoms with van der Waals surface area (Å²) in [5.41, 5.74) is 6.37. The number of unbranched alkanes of at least 4 members (excludes halogenated alkanes) is 28. The third-order valence-electron chi connectivity index (χ3n) is 18.1. The van der Waals surface area contributed by atoms with E-state index in [1.165, 1.54) is 292 Å². The Morgan fingerprint density at radius 2 is 0.682 bits per heavy atom. The zero-order chi connectivity index (χ0) is 60.8. The summed E-state index contributed by atoms with van der Waals surface area (Å²) >= 11 is 5.12. The Balaban J connectivity index is 1.81. The van der Waals surface area contributed by atoms with Crippen LogP contribution in [0.4, 0.5) is 0 Å². The van der Waals surface area contributed by atoms with Gasteiger partial charge in [0.05, 0.1) is 30.5 Å². The molecule has 0 saturated carbocycles. The number of ether oxygens (including phenoxy) is 2. The highest BCUT2D eigenvalue weighted by Crippen LogP contribution is 2.53. The van der Waals surface area contributed by atoms with Crippen LogP contribution >= 0.6 is 34.4 Å². The van der Waals surface area contributed by atoms with Crippen LogP contribution in [0, 0.1) is 13.8 Å². The average Bonchev–Trinajstić information content (AvgIpc) is 1.98. The van der Waals surface area contributed by atoms with Gasteiger partial charge in [-0.25, -0.2) is 0 Å². The molecule has 0 aliphatic carbocycles. The van der Waals surface area contributed by atoms with E-state index in [4.69, 9.17) is 27.1 Å². The van der Waals surface area contributed by atoms with Gasteiger partial charge >= 0.3 is 0 Å². The molecule has 6 nitrogen and oxygen atoms in total. The van der Waals surface area contributed by atoms with Gasteiger partial charge in [-0.2, -0.15) is 8.75 Å². The summed E-state index contributed by atoms with van der Waals surface area (Å²) in [4.78, 5) is 5.02. The van der Waals surface area contributed by atoms with Crippen LogP contribution < -0.4 is 18.3 Å². The molecule has 0 saturated heterocycles. The standard InChI is InChI=1S/C74H124N2O4S3Si2/c1-11-19-27-35-37-39-51-77-73-62(10)71-72(76-83-75-71)70(74(73)78-52-40-38-36-28-20-12-2)69-50-49-68(82-69)64-60-65(79-84(53-41-29-21-13-3,54-42-30-22-14-4)55-43-31-23-15-5)63(67-48-47-61(9)81-67)59-66(64)80-85(56-44-32-24-16-6,57-45-33-25-17-7)58-46-34-26-18-8/h47-50,59-60H,11-46,51-58H2,1-10H3. The Kier molecular flexibility index (Phi) is 37.0. The fraction of sp³-hybridized carbons (Fsp3) is 0.730. The van der Waals surface area contributed by atoms with Crippen LogP contribution in [0.1, 0.15) is 297 Å². The second-order valence-corrected chi connectivity index (χ2v) is 36.7. The fourth-order valence-corrected chi connectivity index (χ4v) is 24.1. The summed E-state index contributed by atoms with van der Waals surface area (Å²) in [7, 11) is -4.67. The number of nitrogens with zero attached hydrogens (tertiary/aromatic N) is 2. The zero-order valence-electron chi connectivity index (χ0n) is 56.3. The fourth-order valence-electron chi connectivity index (χ4n) is 12.8. The van der Waals surface area contributed by atoms with E-state index in [1.807, 2.05) is 22.7 Å². The molecular weight excluding hydrogens is 1130 g/mol. The van der Waals surface area contributed by atoms with E-state index in [-0.39, 0.29) is 0 Å². The molecule has 3 aromatic heterocycles. The molecule has 2 aromatic carbocycles. The first kappa shape index (κ1) is 73.0. The predicted molar refractivity (Wildman–Crippen MR) is 383 cm³/mol. The van der Waals surface area contributed by atoms with Gasteiger partial charge in [0, 0.05) is 36.2 Å². The minimum Gasteiger partial charge on any atom is -0.543 e. The predicted octanol–water partition coefficient (Wildman–Crippen LogP) is 27.0. The minimum atomic E-state index is -2.35. The van der Waals surface area contributed by atoms with Gasteiger partial charge in [-0.15, -0.1) is 22.7 Å². The molecule has 0 bridgehead atoms. The molecule has 0 N–H and O–H groups in total. The SMILES string of the molecule is CCCCCCCCOc1c(OCCCCCCCC)c(-c2ccc(-c3cc(O[Si](CCCCCC)(CCCCCC)CCCCCC)c(-c4ccc(C)s4)cc3O[Si](CCCCCC)(CCCCCC)CCCCCC)s2)c2nsnc2c1C. The number of hydrogen-bond donors (Lipinski definition) is 0. The number of aryl methyl sites for hydroxylation is 2. The van der Waals surface area contributed by atoms with Crippen molar-refractivity contribution in [2.75, 3.05) is 13.2 Å². The molecule has 0 amide bonds. The van der Waals surface area contributed by atoms with Crippen LogP contribution in [0.2, 0.25) is 36.3 Å². The molecule has 0 fully saturated rings. The molecule has 0 aliphatic rings. The number of benzene rings is 2. The van der Waals surface area contributed by atoms with Crippen molar-refractivity contribution < 1.29 is 18.3 Å². The van der Waals surface area contributed by atoms with E-state index >= 15 is 0 Å². The summed E-state index contributed by atoms with van der Waals surface area (Å²) in [5.74, 6) is 3.88. The summed E-state index contributed by atoms with van der Waals surface area (Å²) < 4.78 is 40.8. The lowest BCUT2D eigenvalue weighted by atomic mass is 10.0. The molecule has 0 unspecified atom stereocenters. The Morgan fingerprint density at radius 1 is 0.353 bits per heavy atom. The second-order valence-electron chi connectivity index (χ2n) is 25.7. The number of aromatic nitrogens is 2. The van der Waals surface area contributed by atoms with Crippen molar-refractivity contribution in [2.24, 2.45) is 0 Å². The highest BCUT2D eigenvalue weighted by atomic mass is 32.1. The second kappa shape index (κ2) is 43.1. The van der Waals surface area contributed by atoms with Gasteiger partial charge in [-0.05, 0) is 99.4 Å². The number of fused-ring (bicyclic) bond motifs is 1. The van der Waals surface area contributed by atoms with Crippen LogP contribution in [0.3, 0.4) is 0 Å². The van der Waals surface area contributed by atoms with Gasteiger partial charge in [-0.1, -0.05) is 274 Å². The maximum absolute atomic E-state index is 8.32. The van der Waals surface area contributed by atoms with Crippen molar-refractivity contribution in [1.29, 1.82) is 0 Å². The number of thiophene rings is 2. The van der Waals surface area contributed by atoms with E-state index in [0.29, 0.717) is 13.2 Å². The van der Waals surface area contributed by atoms with E-state index < -0.39 is 16.6 Å². The van der Waals surface area contributed by atoms with Crippen LogP contribution in [0.15, 0.2) is 36.4 Å². The smallest absolute Gasteiger partial charge is 0.251 e. The molecular formula is C74H124N2O4S3Si2. The maximum atomic E-state index is 8.32. The Morgan fingerprint density at radius 3 is 1.07 bits per heavy atom. The van der Waals surface area contributed by atoms with Gasteiger partial charge in [0.15, 0.2) is 11.5 Å². The van der Waals surface area contributed by atoms with E-state index in [1.54, 1.807) is 0 Å². The first-order chi connectivity index (χ1) is 41.7. The highest BCUT2D eigenvalue weighted by Gasteiger charge is 2.39. The topological polar surface area (TPSA) is 62.7 Å². The molecule has 85 heavy (non-hydrogen) atoms. The highest BCUT2D eigenvalue weighted by molar-refractivity contribution is 7.19. The van der Waals surface area contributed by atoms with E-state index in [2.05, 4.69) is 106 Å². The third kappa shape index (κ3) is 24.9. The first-order valence-corrected chi connectivity index (χ1v) is 43.4. The number of rotatable bonds is 53. The monoisotopic (exact) mass is 1260 g/mol. The Labute approximate surface area is 536 Å². The quantitative estimate of drug-likeness (QED) is 0.0286. The Hall–Kier alpha value is -2.71. The lowest BCUT2D eigenvalue weighted by Crippen LogP contribution is -2.42. The third-order valence-corrected chi connectivity index (χ3v) is 29.7. The van der Waals surface area contributed by atoms with Crippen molar-refractivity contribution in [1.82, 2.24) is 8.75 Å². The van der Waals surface area contributed by atoms with Crippen molar-refractivity contribution in [2.45, 2.75) is 337 Å². The molecule has 3 heterocycles. The van der Waals surface area contributed by atoms with Crippen molar-refractivity contribution in [3.63, 3.8) is 0 Å². The lowest BCUT2D eigenvalue weighted by molar-refractivity contribution is 0.258. The van der Waals surface area contributed by atoms with Gasteiger partial charge in [0.1, 0.15) is 22.5 Å². The Bertz CT molecular complexity index is 2460. The molecule has 480 valence electrons. The van der Waals surface area contributed by atoms with Crippen LogP contribution in [0.5, 0.6) is 23.0 Å². The average molecular weight is 1260 g/mol. The molecule has 11 heteroatoms. The van der Waals surface area contributed by atoms with Crippen molar-refractivity contribution in [3.05, 3.63) is 46.8 Å². The lowest BCUT2D eigenvalue weighted by Gasteiger charge is -2.36. The van der Waals surface area contributed by atoms with Crippen LogP contribution in [-0.4, -0.2) is 38.6 Å². The summed E-state index contributed by atoms with van der Waals surface area (Å²) in [6.45, 7) is 24.5. The first-order valence-electron chi connectivity index (χ1n) is 35.9. The summed E-state index contributed by atoms with van der Waals surface area (Å²) in [5, 5.41) is 0. The number of hydrogen-bond acceptors (Lipinski definition) is 9. The van der Waals surface area contributed by atoms with Crippen LogP contribution in [-0.2, 0) is 0 Å². The zero-order valence-corrected chi connectivity index (χ0v) is 60.8. The minimum absolute atomic E-state index is 0.651.